The molecule has 4 nitrogen and oxygen atoms in total. The maximum Gasteiger partial charge on any atom is 0.173 e. The number of unbranched alkanes of at least 4 members (excludes halogenated alkanes) is 4. The van der Waals surface area contributed by atoms with Crippen LogP contribution in [0.2, 0.25) is 0 Å². The van der Waals surface area contributed by atoms with Gasteiger partial charge in [-0.15, -0.1) is 20.4 Å². The fourth-order valence-electron chi connectivity index (χ4n) is 1.54. The Morgan fingerprint density at radius 1 is 0.625 bits per heavy atom. The Balaban J connectivity index is 2.30. The second-order valence-electron chi connectivity index (χ2n) is 4.15. The smallest absolute Gasteiger partial charge is 0.132 e. The van der Waals surface area contributed by atoms with Gasteiger partial charge in [-0.1, -0.05) is 39.5 Å². The van der Waals surface area contributed by atoms with Crippen molar-refractivity contribution in [2.24, 2.45) is 0 Å². The van der Waals surface area contributed by atoms with E-state index in [1.807, 2.05) is 0 Å². The summed E-state index contributed by atoms with van der Waals surface area (Å²) in [7, 11) is 0. The van der Waals surface area contributed by atoms with E-state index in [1.54, 1.807) is 0 Å². The molecule has 0 atom stereocenters. The Labute approximate surface area is 97.9 Å². The van der Waals surface area contributed by atoms with Crippen molar-refractivity contribution in [3.05, 3.63) is 11.6 Å². The molecule has 0 amide bonds. The lowest BCUT2D eigenvalue weighted by Gasteiger charge is -1.99. The molecule has 1 aromatic heterocycles. The minimum atomic E-state index is 0.785. The van der Waals surface area contributed by atoms with Gasteiger partial charge in [0, 0.05) is 12.8 Å². The standard InChI is InChI=1S/C12H22N4/c1-3-5-7-9-11-13-15-12(16-14-11)10-8-6-4-2/h3-10H2,1-2H3. The summed E-state index contributed by atoms with van der Waals surface area (Å²) >= 11 is 0. The fraction of sp³-hybridized carbons (Fsp3) is 0.833. The first-order chi connectivity index (χ1) is 7.86. The van der Waals surface area contributed by atoms with Gasteiger partial charge in [-0.3, -0.25) is 0 Å². The lowest BCUT2D eigenvalue weighted by atomic mass is 10.2. The first-order valence-electron chi connectivity index (χ1n) is 6.42. The fourth-order valence-corrected chi connectivity index (χ4v) is 1.54. The highest BCUT2D eigenvalue weighted by atomic mass is 15.3. The molecule has 16 heavy (non-hydrogen) atoms. The number of aryl methyl sites for hydroxylation is 2. The average Bonchev–Trinajstić information content (AvgIpc) is 2.32. The Morgan fingerprint density at radius 3 is 1.31 bits per heavy atom. The predicted octanol–water partition coefficient (Wildman–Crippen LogP) is 2.73. The van der Waals surface area contributed by atoms with E-state index in [1.165, 1.54) is 25.7 Å². The third-order valence-corrected chi connectivity index (χ3v) is 2.57. The van der Waals surface area contributed by atoms with Gasteiger partial charge in [0.2, 0.25) is 0 Å². The maximum atomic E-state index is 4.11. The number of hydrogen-bond donors (Lipinski definition) is 0. The van der Waals surface area contributed by atoms with Gasteiger partial charge in [-0.05, 0) is 12.8 Å². The Hall–Kier alpha value is -1.06. The summed E-state index contributed by atoms with van der Waals surface area (Å²) in [5, 5.41) is 16.4. The van der Waals surface area contributed by atoms with Crippen molar-refractivity contribution in [3.8, 4) is 0 Å². The zero-order chi connectivity index (χ0) is 11.6. The zero-order valence-electron chi connectivity index (χ0n) is 10.4. The molecule has 4 heteroatoms. The zero-order valence-corrected chi connectivity index (χ0v) is 10.4. The van der Waals surface area contributed by atoms with Crippen LogP contribution in [0.4, 0.5) is 0 Å². The summed E-state index contributed by atoms with van der Waals surface area (Å²) in [4.78, 5) is 0. The highest BCUT2D eigenvalue weighted by Gasteiger charge is 2.01. The van der Waals surface area contributed by atoms with Crippen LogP contribution >= 0.6 is 0 Å². The molecule has 0 spiro atoms. The van der Waals surface area contributed by atoms with Gasteiger partial charge < -0.3 is 0 Å². The first kappa shape index (κ1) is 13.0. The first-order valence-corrected chi connectivity index (χ1v) is 6.42. The van der Waals surface area contributed by atoms with Crippen molar-refractivity contribution in [3.63, 3.8) is 0 Å². The minimum absolute atomic E-state index is 0.785. The van der Waals surface area contributed by atoms with Crippen molar-refractivity contribution < 1.29 is 0 Å². The quantitative estimate of drug-likeness (QED) is 0.635. The molecular weight excluding hydrogens is 200 g/mol. The van der Waals surface area contributed by atoms with Crippen LogP contribution in [0.1, 0.15) is 64.0 Å². The lowest BCUT2D eigenvalue weighted by Crippen LogP contribution is -2.05. The van der Waals surface area contributed by atoms with Gasteiger partial charge in [0.25, 0.3) is 0 Å². The molecule has 90 valence electrons. The van der Waals surface area contributed by atoms with E-state index in [0.717, 1.165) is 37.3 Å². The molecule has 0 aliphatic carbocycles. The van der Waals surface area contributed by atoms with Gasteiger partial charge in [-0.25, -0.2) is 0 Å². The van der Waals surface area contributed by atoms with Crippen LogP contribution in [-0.2, 0) is 12.8 Å². The van der Waals surface area contributed by atoms with Gasteiger partial charge in [-0.2, -0.15) is 0 Å². The Bertz CT molecular complexity index is 242. The summed E-state index contributed by atoms with van der Waals surface area (Å²) < 4.78 is 0. The van der Waals surface area contributed by atoms with Crippen LogP contribution in [-0.4, -0.2) is 20.4 Å². The monoisotopic (exact) mass is 222 g/mol. The molecule has 0 saturated heterocycles. The molecule has 0 aliphatic rings. The predicted molar refractivity (Wildman–Crippen MR) is 64.1 cm³/mol. The molecule has 0 saturated carbocycles. The normalized spacial score (nSPS) is 10.6. The van der Waals surface area contributed by atoms with Crippen molar-refractivity contribution in [2.75, 3.05) is 0 Å². The van der Waals surface area contributed by atoms with E-state index in [-0.39, 0.29) is 0 Å². The van der Waals surface area contributed by atoms with Gasteiger partial charge in [0.1, 0.15) is 0 Å². The Morgan fingerprint density at radius 2 is 1.00 bits per heavy atom. The van der Waals surface area contributed by atoms with Crippen LogP contribution in [0, 0.1) is 0 Å². The van der Waals surface area contributed by atoms with Crippen molar-refractivity contribution >= 4 is 0 Å². The molecule has 0 aromatic carbocycles. The number of hydrogen-bond acceptors (Lipinski definition) is 4. The second-order valence-corrected chi connectivity index (χ2v) is 4.15. The van der Waals surface area contributed by atoms with Gasteiger partial charge in [0.05, 0.1) is 0 Å². The summed E-state index contributed by atoms with van der Waals surface area (Å²) in [5.41, 5.74) is 0. The molecule has 1 heterocycles. The molecule has 1 rings (SSSR count). The third kappa shape index (κ3) is 5.14. The third-order valence-electron chi connectivity index (χ3n) is 2.57. The van der Waals surface area contributed by atoms with Gasteiger partial charge in [0.15, 0.2) is 11.6 Å². The molecule has 0 N–H and O–H groups in total. The lowest BCUT2D eigenvalue weighted by molar-refractivity contribution is 0.622. The molecule has 0 fully saturated rings. The summed E-state index contributed by atoms with van der Waals surface area (Å²) in [5.74, 6) is 1.57. The summed E-state index contributed by atoms with van der Waals surface area (Å²) in [6.45, 7) is 4.38. The highest BCUT2D eigenvalue weighted by Crippen LogP contribution is 2.02. The number of nitrogens with zero attached hydrogens (tertiary/aromatic N) is 4. The SMILES string of the molecule is CCCCCc1nnc(CCCCC)nn1. The van der Waals surface area contributed by atoms with E-state index in [4.69, 9.17) is 0 Å². The molecule has 0 bridgehead atoms. The van der Waals surface area contributed by atoms with Gasteiger partial charge >= 0.3 is 0 Å². The van der Waals surface area contributed by atoms with E-state index in [0.29, 0.717) is 0 Å². The van der Waals surface area contributed by atoms with Crippen LogP contribution < -0.4 is 0 Å². The Kier molecular flexibility index (Phi) is 6.61. The topological polar surface area (TPSA) is 51.6 Å². The van der Waals surface area contributed by atoms with Crippen LogP contribution in [0.15, 0.2) is 0 Å². The minimum Gasteiger partial charge on any atom is -0.132 e. The molecular formula is C12H22N4. The molecule has 0 unspecified atom stereocenters. The molecule has 1 aromatic rings. The number of aromatic nitrogens is 4. The largest absolute Gasteiger partial charge is 0.173 e. The van der Waals surface area contributed by atoms with Crippen LogP contribution in [0.25, 0.3) is 0 Å². The number of rotatable bonds is 8. The maximum absolute atomic E-state index is 4.11. The second kappa shape index (κ2) is 8.13. The summed E-state index contributed by atoms with van der Waals surface area (Å²) in [6.07, 6.45) is 8.96. The van der Waals surface area contributed by atoms with E-state index >= 15 is 0 Å². The van der Waals surface area contributed by atoms with Crippen LogP contribution in [0.5, 0.6) is 0 Å². The average molecular weight is 222 g/mol. The summed E-state index contributed by atoms with van der Waals surface area (Å²) in [6, 6.07) is 0. The van der Waals surface area contributed by atoms with Crippen LogP contribution in [0.3, 0.4) is 0 Å². The highest BCUT2D eigenvalue weighted by molar-refractivity contribution is 4.83. The van der Waals surface area contributed by atoms with Crippen molar-refractivity contribution in [2.45, 2.75) is 65.2 Å². The molecule has 0 radical (unpaired) electrons. The van der Waals surface area contributed by atoms with E-state index in [2.05, 4.69) is 34.2 Å². The molecule has 0 aliphatic heterocycles. The van der Waals surface area contributed by atoms with Crippen molar-refractivity contribution in [1.82, 2.24) is 20.4 Å². The van der Waals surface area contributed by atoms with E-state index < -0.39 is 0 Å². The van der Waals surface area contributed by atoms with Crippen molar-refractivity contribution in [1.29, 1.82) is 0 Å². The van der Waals surface area contributed by atoms with E-state index in [9.17, 15) is 0 Å².